The van der Waals surface area contributed by atoms with Crippen LogP contribution in [0.1, 0.15) is 37.3 Å². The van der Waals surface area contributed by atoms with Crippen LogP contribution < -0.4 is 9.80 Å². The molecule has 3 aliphatic rings. The largest absolute Gasteiger partial charge is 0.396 e. The average Bonchev–Trinajstić information content (AvgIpc) is 3.44. The summed E-state index contributed by atoms with van der Waals surface area (Å²) in [5, 5.41) is 9.70. The molecule has 3 aliphatic heterocycles. The second kappa shape index (κ2) is 9.35. The second-order valence-electron chi connectivity index (χ2n) is 10.7. The number of benzene rings is 2. The number of aliphatic hydroxyl groups excluding tert-OH is 1. The van der Waals surface area contributed by atoms with Crippen LogP contribution in [0.15, 0.2) is 46.9 Å². The minimum atomic E-state index is -3.23. The number of fused-ring (bicyclic) bond motifs is 2. The Morgan fingerprint density at radius 1 is 1.22 bits per heavy atom. The van der Waals surface area contributed by atoms with Gasteiger partial charge in [-0.2, -0.15) is 0 Å². The number of hydrogen-bond donors (Lipinski definition) is 1. The zero-order valence-electron chi connectivity index (χ0n) is 20.8. The van der Waals surface area contributed by atoms with Gasteiger partial charge in [0.2, 0.25) is 14.3 Å². The lowest BCUT2D eigenvalue weighted by atomic mass is 9.82. The van der Waals surface area contributed by atoms with Gasteiger partial charge in [0.15, 0.2) is 5.60 Å². The van der Waals surface area contributed by atoms with Gasteiger partial charge in [-0.05, 0) is 61.8 Å². The van der Waals surface area contributed by atoms with Gasteiger partial charge in [0.25, 0.3) is 5.91 Å². The maximum atomic E-state index is 15.6. The molecule has 1 spiro atoms. The van der Waals surface area contributed by atoms with Crippen LogP contribution in [0.4, 0.5) is 15.5 Å². The molecule has 0 aliphatic carbocycles. The standard InChI is InChI=1S/C27H32BrFN2O4Si/c1-17-25(36(2,3)29)23(11-13-32)35-27(17)21-15-19(28)9-10-22(21)31(26(27)34)16-18-6-4-7-20(14-18)30-12-5-8-24(30)33/h4,6-7,9-10,14-15,17,23,25,32H,5,8,11-13,16H2,1-3H3/t17-,23+,25-,27+/m0/s1. The van der Waals surface area contributed by atoms with Gasteiger partial charge in [0, 0.05) is 46.8 Å². The highest BCUT2D eigenvalue weighted by atomic mass is 79.9. The molecule has 5 rings (SSSR count). The van der Waals surface area contributed by atoms with Crippen molar-refractivity contribution in [2.24, 2.45) is 5.92 Å². The van der Waals surface area contributed by atoms with Crippen LogP contribution in [0.2, 0.25) is 18.6 Å². The summed E-state index contributed by atoms with van der Waals surface area (Å²) in [6.07, 6.45) is 1.16. The minimum Gasteiger partial charge on any atom is -0.396 e. The molecule has 0 bridgehead atoms. The molecule has 3 heterocycles. The molecule has 1 N–H and O–H groups in total. The smallest absolute Gasteiger partial charge is 0.264 e. The molecular formula is C27H32BrFN2O4Si. The third-order valence-electron chi connectivity index (χ3n) is 7.97. The van der Waals surface area contributed by atoms with Crippen molar-refractivity contribution in [2.75, 3.05) is 23.0 Å². The first kappa shape index (κ1) is 25.6. The Morgan fingerprint density at radius 3 is 2.67 bits per heavy atom. The molecule has 2 aromatic rings. The van der Waals surface area contributed by atoms with E-state index in [0.29, 0.717) is 25.9 Å². The Hall–Kier alpha value is -2.07. The monoisotopic (exact) mass is 574 g/mol. The van der Waals surface area contributed by atoms with Crippen LogP contribution in [0.25, 0.3) is 0 Å². The van der Waals surface area contributed by atoms with Gasteiger partial charge in [0.1, 0.15) is 0 Å². The molecule has 2 saturated heterocycles. The summed E-state index contributed by atoms with van der Waals surface area (Å²) < 4.78 is 23.0. The number of ether oxygens (including phenoxy) is 1. The summed E-state index contributed by atoms with van der Waals surface area (Å²) >= 11 is 3.55. The lowest BCUT2D eigenvalue weighted by molar-refractivity contribution is -0.146. The number of rotatable bonds is 6. The molecule has 36 heavy (non-hydrogen) atoms. The molecule has 192 valence electrons. The third-order valence-corrected chi connectivity index (χ3v) is 10.9. The summed E-state index contributed by atoms with van der Waals surface area (Å²) in [6, 6.07) is 13.5. The van der Waals surface area contributed by atoms with Crippen molar-refractivity contribution < 1.29 is 23.5 Å². The van der Waals surface area contributed by atoms with Crippen molar-refractivity contribution >= 4 is 47.5 Å². The van der Waals surface area contributed by atoms with Gasteiger partial charge < -0.3 is 23.8 Å². The first-order chi connectivity index (χ1) is 17.1. The average molecular weight is 576 g/mol. The van der Waals surface area contributed by atoms with Gasteiger partial charge in [-0.1, -0.05) is 35.0 Å². The van der Waals surface area contributed by atoms with E-state index < -0.39 is 25.7 Å². The van der Waals surface area contributed by atoms with E-state index in [1.165, 1.54) is 0 Å². The van der Waals surface area contributed by atoms with Crippen molar-refractivity contribution in [3.05, 3.63) is 58.1 Å². The van der Waals surface area contributed by atoms with Crippen molar-refractivity contribution in [3.8, 4) is 0 Å². The lowest BCUT2D eigenvalue weighted by Gasteiger charge is -2.31. The quantitative estimate of drug-likeness (QED) is 0.376. The first-order valence-electron chi connectivity index (χ1n) is 12.6. The SMILES string of the molecule is C[C@H]1[C@H]([Si](C)(C)F)[C@@H](CCO)O[C@]12C(=O)N(Cc1cccc(N3CCCC3=O)c1)c1ccc(Br)cc12. The van der Waals surface area contributed by atoms with E-state index in [4.69, 9.17) is 4.74 Å². The normalized spacial score (nSPS) is 28.0. The summed E-state index contributed by atoms with van der Waals surface area (Å²) in [6.45, 7) is 6.12. The van der Waals surface area contributed by atoms with Crippen molar-refractivity contribution in [1.82, 2.24) is 0 Å². The summed E-state index contributed by atoms with van der Waals surface area (Å²) in [5.41, 5.74) is 1.50. The van der Waals surface area contributed by atoms with Gasteiger partial charge in [0.05, 0.1) is 18.3 Å². The molecule has 2 aromatic carbocycles. The van der Waals surface area contributed by atoms with Crippen molar-refractivity contribution in [2.45, 2.75) is 63.1 Å². The molecule has 6 nitrogen and oxygen atoms in total. The number of amides is 2. The molecule has 9 heteroatoms. The van der Waals surface area contributed by atoms with Crippen LogP contribution in [0.3, 0.4) is 0 Å². The number of anilines is 2. The summed E-state index contributed by atoms with van der Waals surface area (Å²) in [5.74, 6) is -0.472. The van der Waals surface area contributed by atoms with Crippen LogP contribution in [0, 0.1) is 5.92 Å². The van der Waals surface area contributed by atoms with E-state index in [2.05, 4.69) is 15.9 Å². The molecule has 2 fully saturated rings. The Kier molecular flexibility index (Phi) is 6.64. The molecule has 0 aromatic heterocycles. The molecule has 0 saturated carbocycles. The van der Waals surface area contributed by atoms with E-state index in [0.717, 1.165) is 33.4 Å². The van der Waals surface area contributed by atoms with Gasteiger partial charge >= 0.3 is 0 Å². The highest BCUT2D eigenvalue weighted by Crippen LogP contribution is 2.60. The topological polar surface area (TPSA) is 70.1 Å². The number of carbonyl (C=O) groups is 2. The number of carbonyl (C=O) groups excluding carboxylic acids is 2. The van der Waals surface area contributed by atoms with E-state index in [1.807, 2.05) is 49.4 Å². The van der Waals surface area contributed by atoms with Crippen molar-refractivity contribution in [1.29, 1.82) is 0 Å². The van der Waals surface area contributed by atoms with Crippen LogP contribution in [-0.2, 0) is 26.5 Å². The Morgan fingerprint density at radius 2 is 2.00 bits per heavy atom. The molecule has 0 radical (unpaired) electrons. The molecule has 4 atom stereocenters. The molecule has 2 amide bonds. The number of halogens is 2. The zero-order chi connectivity index (χ0) is 25.8. The van der Waals surface area contributed by atoms with E-state index in [9.17, 15) is 14.7 Å². The molecule has 0 unspecified atom stereocenters. The Labute approximate surface area is 220 Å². The number of hydrogen-bond acceptors (Lipinski definition) is 4. The Bertz CT molecular complexity index is 1200. The minimum absolute atomic E-state index is 0.116. The van der Waals surface area contributed by atoms with Crippen molar-refractivity contribution in [3.63, 3.8) is 0 Å². The summed E-state index contributed by atoms with van der Waals surface area (Å²) in [7, 11) is -3.23. The van der Waals surface area contributed by atoms with Gasteiger partial charge in [-0.25, -0.2) is 0 Å². The summed E-state index contributed by atoms with van der Waals surface area (Å²) in [4.78, 5) is 30.1. The predicted molar refractivity (Wildman–Crippen MR) is 143 cm³/mol. The van der Waals surface area contributed by atoms with Crippen LogP contribution in [0.5, 0.6) is 0 Å². The zero-order valence-corrected chi connectivity index (χ0v) is 23.4. The first-order valence-corrected chi connectivity index (χ1v) is 16.3. The fourth-order valence-electron chi connectivity index (χ4n) is 6.50. The van der Waals surface area contributed by atoms with E-state index >= 15 is 4.11 Å². The number of nitrogens with zero attached hydrogens (tertiary/aromatic N) is 2. The maximum Gasteiger partial charge on any atom is 0.264 e. The van der Waals surface area contributed by atoms with Crippen LogP contribution in [-0.4, -0.2) is 44.6 Å². The van der Waals surface area contributed by atoms with E-state index in [-0.39, 0.29) is 24.3 Å². The predicted octanol–water partition coefficient (Wildman–Crippen LogP) is 5.28. The fraction of sp³-hybridized carbons (Fsp3) is 0.481. The van der Waals surface area contributed by atoms with E-state index in [1.54, 1.807) is 22.9 Å². The maximum absolute atomic E-state index is 15.6. The Balaban J connectivity index is 1.55. The lowest BCUT2D eigenvalue weighted by Crippen LogP contribution is -2.45. The highest BCUT2D eigenvalue weighted by Gasteiger charge is 2.66. The van der Waals surface area contributed by atoms with Gasteiger partial charge in [-0.3, -0.25) is 9.59 Å². The third kappa shape index (κ3) is 4.04. The fourth-order valence-corrected chi connectivity index (χ4v) is 9.40. The second-order valence-corrected chi connectivity index (χ2v) is 15.4. The number of aliphatic hydroxyl groups is 1. The highest BCUT2D eigenvalue weighted by molar-refractivity contribution is 9.10. The van der Waals surface area contributed by atoms with Crippen LogP contribution >= 0.6 is 15.9 Å². The molecular weight excluding hydrogens is 543 g/mol. The van der Waals surface area contributed by atoms with Gasteiger partial charge in [-0.15, -0.1) is 0 Å².